The maximum Gasteiger partial charge on any atom is 0.397 e. The van der Waals surface area contributed by atoms with E-state index < -0.39 is 59.9 Å². The number of hydrogen-bond acceptors (Lipinski definition) is 10. The van der Waals surface area contributed by atoms with Gasteiger partial charge in [-0.05, 0) is 44.9 Å². The molecule has 0 aromatic heterocycles. The van der Waals surface area contributed by atoms with Gasteiger partial charge in [0.25, 0.3) is 0 Å². The van der Waals surface area contributed by atoms with Gasteiger partial charge in [-0.2, -0.15) is 8.42 Å². The third kappa shape index (κ3) is 32.3. The van der Waals surface area contributed by atoms with Crippen LogP contribution in [0.15, 0.2) is 24.3 Å². The van der Waals surface area contributed by atoms with E-state index in [2.05, 4.69) is 35.5 Å². The Morgan fingerprint density at radius 1 is 0.629 bits per heavy atom. The standard InChI is InChI=1S/C49H93NO11S/c1-3-5-7-9-11-13-15-17-19-20-21-22-23-25-27-29-31-33-35-37-39-45(53)50-42(41-59-49-47(55)48(61-62(56,57)58)46(54)44(40-51)60-49)43(52)38-36-34-32-30-28-26-24-18-16-14-12-10-8-6-4-2/h21-22,36,38,42-44,46-49,51-52,54-55H,3-20,23-35,37,39-41H2,1-2H3,(H,50,53)(H,56,57,58)/b22-21-,38-36+. The summed E-state index contributed by atoms with van der Waals surface area (Å²) in [6.45, 7) is 3.40. The van der Waals surface area contributed by atoms with Crippen LogP contribution in [0.25, 0.3) is 0 Å². The summed E-state index contributed by atoms with van der Waals surface area (Å²) in [5.74, 6) is -0.266. The molecule has 0 aromatic rings. The third-order valence-corrected chi connectivity index (χ3v) is 12.4. The minimum absolute atomic E-state index is 0.265. The van der Waals surface area contributed by atoms with E-state index >= 15 is 0 Å². The Morgan fingerprint density at radius 3 is 1.45 bits per heavy atom. The molecule has 0 spiro atoms. The smallest absolute Gasteiger partial charge is 0.394 e. The summed E-state index contributed by atoms with van der Waals surface area (Å²) in [5.41, 5.74) is 0. The number of allylic oxidation sites excluding steroid dienone is 3. The highest BCUT2D eigenvalue weighted by Gasteiger charge is 2.48. The number of carbonyl (C=O) groups is 1. The number of ether oxygens (including phenoxy) is 2. The highest BCUT2D eigenvalue weighted by molar-refractivity contribution is 7.80. The first-order valence-electron chi connectivity index (χ1n) is 25.2. The fourth-order valence-electron chi connectivity index (χ4n) is 8.04. The molecular weight excluding hydrogens is 811 g/mol. The Hall–Kier alpha value is -1.42. The van der Waals surface area contributed by atoms with E-state index in [1.54, 1.807) is 6.08 Å². The van der Waals surface area contributed by atoms with Gasteiger partial charge in [-0.25, -0.2) is 4.18 Å². The molecule has 1 aliphatic heterocycles. The van der Waals surface area contributed by atoms with Crippen LogP contribution in [-0.2, 0) is 28.9 Å². The van der Waals surface area contributed by atoms with Crippen molar-refractivity contribution in [2.24, 2.45) is 0 Å². The molecule has 366 valence electrons. The van der Waals surface area contributed by atoms with Crippen LogP contribution in [0.5, 0.6) is 0 Å². The van der Waals surface area contributed by atoms with Crippen molar-refractivity contribution >= 4 is 16.3 Å². The van der Waals surface area contributed by atoms with Gasteiger partial charge in [0.2, 0.25) is 5.91 Å². The number of unbranched alkanes of at least 4 members (excludes halogenated alkanes) is 29. The second-order valence-corrected chi connectivity index (χ2v) is 18.8. The summed E-state index contributed by atoms with van der Waals surface area (Å²) < 4.78 is 47.7. The Bertz CT molecular complexity index is 1200. The van der Waals surface area contributed by atoms with Crippen molar-refractivity contribution in [2.45, 2.75) is 269 Å². The predicted molar refractivity (Wildman–Crippen MR) is 250 cm³/mol. The van der Waals surface area contributed by atoms with E-state index in [1.165, 1.54) is 154 Å². The topological polar surface area (TPSA) is 192 Å². The van der Waals surface area contributed by atoms with E-state index in [9.17, 15) is 38.2 Å². The molecule has 7 unspecified atom stereocenters. The molecular formula is C49H93NO11S. The minimum Gasteiger partial charge on any atom is -0.394 e. The summed E-state index contributed by atoms with van der Waals surface area (Å²) >= 11 is 0. The summed E-state index contributed by atoms with van der Waals surface area (Å²) in [7, 11) is -5.08. The fourth-order valence-corrected chi connectivity index (χ4v) is 8.55. The van der Waals surface area contributed by atoms with E-state index in [0.29, 0.717) is 6.42 Å². The zero-order chi connectivity index (χ0) is 45.5. The van der Waals surface area contributed by atoms with Crippen molar-refractivity contribution in [3.05, 3.63) is 24.3 Å². The zero-order valence-electron chi connectivity index (χ0n) is 39.2. The van der Waals surface area contributed by atoms with Crippen LogP contribution in [0.3, 0.4) is 0 Å². The molecule has 1 aliphatic rings. The normalized spacial score (nSPS) is 20.7. The van der Waals surface area contributed by atoms with Gasteiger partial charge in [-0.15, -0.1) is 0 Å². The molecule has 1 fully saturated rings. The molecule has 1 rings (SSSR count). The summed E-state index contributed by atoms with van der Waals surface area (Å²) in [5, 5.41) is 44.8. The Labute approximate surface area is 378 Å². The summed E-state index contributed by atoms with van der Waals surface area (Å²) in [4.78, 5) is 13.1. The molecule has 0 saturated carbocycles. The molecule has 0 aliphatic carbocycles. The van der Waals surface area contributed by atoms with E-state index in [-0.39, 0.29) is 18.9 Å². The number of rotatable bonds is 43. The maximum absolute atomic E-state index is 13.1. The van der Waals surface area contributed by atoms with E-state index in [1.807, 2.05) is 6.08 Å². The molecule has 0 bridgehead atoms. The molecule has 0 aromatic carbocycles. The molecule has 1 amide bonds. The number of aliphatic hydroxyl groups excluding tert-OH is 4. The van der Waals surface area contributed by atoms with Crippen LogP contribution < -0.4 is 5.32 Å². The largest absolute Gasteiger partial charge is 0.397 e. The van der Waals surface area contributed by atoms with Crippen LogP contribution in [0.1, 0.15) is 226 Å². The lowest BCUT2D eigenvalue weighted by Gasteiger charge is -2.41. The monoisotopic (exact) mass is 904 g/mol. The molecule has 0 radical (unpaired) electrons. The summed E-state index contributed by atoms with van der Waals surface area (Å²) in [6, 6.07) is -0.944. The van der Waals surface area contributed by atoms with E-state index in [0.717, 1.165) is 44.9 Å². The van der Waals surface area contributed by atoms with E-state index in [4.69, 9.17) is 9.47 Å². The first-order valence-corrected chi connectivity index (χ1v) is 26.6. The molecule has 12 nitrogen and oxygen atoms in total. The van der Waals surface area contributed by atoms with Gasteiger partial charge in [-0.1, -0.05) is 199 Å². The van der Waals surface area contributed by atoms with Crippen molar-refractivity contribution in [1.82, 2.24) is 5.32 Å². The van der Waals surface area contributed by atoms with Gasteiger partial charge >= 0.3 is 10.4 Å². The molecule has 1 heterocycles. The molecule has 62 heavy (non-hydrogen) atoms. The van der Waals surface area contributed by atoms with Gasteiger partial charge in [0, 0.05) is 6.42 Å². The highest BCUT2D eigenvalue weighted by atomic mass is 32.3. The number of nitrogens with one attached hydrogen (secondary N) is 1. The van der Waals surface area contributed by atoms with Gasteiger partial charge in [0.15, 0.2) is 6.29 Å². The van der Waals surface area contributed by atoms with Gasteiger partial charge in [0.1, 0.15) is 24.4 Å². The van der Waals surface area contributed by atoms with Crippen LogP contribution in [-0.4, -0.2) is 95.4 Å². The van der Waals surface area contributed by atoms with Gasteiger partial charge in [0.05, 0.1) is 25.4 Å². The van der Waals surface area contributed by atoms with Crippen molar-refractivity contribution in [2.75, 3.05) is 13.2 Å². The lowest BCUT2D eigenvalue weighted by Crippen LogP contribution is -2.61. The predicted octanol–water partition coefficient (Wildman–Crippen LogP) is 10.5. The third-order valence-electron chi connectivity index (χ3n) is 12.0. The molecule has 1 saturated heterocycles. The fraction of sp³-hybridized carbons (Fsp3) is 0.898. The van der Waals surface area contributed by atoms with Crippen molar-refractivity contribution in [3.8, 4) is 0 Å². The van der Waals surface area contributed by atoms with Crippen LogP contribution >= 0.6 is 0 Å². The van der Waals surface area contributed by atoms with Crippen LogP contribution in [0.4, 0.5) is 0 Å². The van der Waals surface area contributed by atoms with Gasteiger partial charge < -0.3 is 35.2 Å². The van der Waals surface area contributed by atoms with Gasteiger partial charge in [-0.3, -0.25) is 9.35 Å². The molecule has 13 heteroatoms. The van der Waals surface area contributed by atoms with Crippen LogP contribution in [0.2, 0.25) is 0 Å². The number of amides is 1. The minimum atomic E-state index is -5.08. The second-order valence-electron chi connectivity index (χ2n) is 17.8. The second kappa shape index (κ2) is 39.9. The van der Waals surface area contributed by atoms with Crippen LogP contribution in [0, 0.1) is 0 Å². The highest BCUT2D eigenvalue weighted by Crippen LogP contribution is 2.26. The Morgan fingerprint density at radius 2 is 1.03 bits per heavy atom. The quantitative estimate of drug-likeness (QED) is 0.0194. The lowest BCUT2D eigenvalue weighted by atomic mass is 9.99. The zero-order valence-corrected chi connectivity index (χ0v) is 40.0. The first kappa shape index (κ1) is 58.6. The number of carbonyl (C=O) groups excluding carboxylic acids is 1. The first-order chi connectivity index (χ1) is 30.0. The van der Waals surface area contributed by atoms with Crippen molar-refractivity contribution in [3.63, 3.8) is 0 Å². The van der Waals surface area contributed by atoms with Crippen molar-refractivity contribution < 1.29 is 51.8 Å². The Kier molecular flexibility index (Phi) is 37.7. The number of hydrogen-bond donors (Lipinski definition) is 6. The SMILES string of the molecule is CCCCCCCCCCC/C=C\CCCCCCCCCC(=O)NC(COC1OC(CO)C(O)C(OS(=O)(=O)O)C1O)C(O)/C=C/CCCCCCCCCCCCCCC. The average Bonchev–Trinajstić information content (AvgIpc) is 3.24. The Balaban J connectivity index is 2.46. The molecule has 7 atom stereocenters. The summed E-state index contributed by atoms with van der Waals surface area (Å²) in [6.07, 6.45) is 37.8. The maximum atomic E-state index is 13.1. The lowest BCUT2D eigenvalue weighted by molar-refractivity contribution is -0.298. The van der Waals surface area contributed by atoms with Crippen molar-refractivity contribution in [1.29, 1.82) is 0 Å². The average molecular weight is 904 g/mol. The molecule has 6 N–H and O–H groups in total. The number of aliphatic hydroxyl groups is 4.